The quantitative estimate of drug-likeness (QED) is 0.516. The first-order chi connectivity index (χ1) is 10.9. The minimum absolute atomic E-state index is 0. The fourth-order valence-corrected chi connectivity index (χ4v) is 3.09. The predicted molar refractivity (Wildman–Crippen MR) is 97.2 cm³/mol. The Morgan fingerprint density at radius 1 is 1.12 bits per heavy atom. The second-order valence-corrected chi connectivity index (χ2v) is 6.03. The molecule has 0 amide bonds. The van der Waals surface area contributed by atoms with E-state index in [4.69, 9.17) is 0 Å². The van der Waals surface area contributed by atoms with E-state index >= 15 is 0 Å². The first-order valence-corrected chi connectivity index (χ1v) is 8.25. The van der Waals surface area contributed by atoms with Crippen molar-refractivity contribution in [1.29, 1.82) is 0 Å². The number of nitrogens with zero attached hydrogens (tertiary/aromatic N) is 1. The molecule has 8 heteroatoms. The Hall–Kier alpha value is -0.560. The summed E-state index contributed by atoms with van der Waals surface area (Å²) in [6.45, 7) is 5.33. The maximum atomic E-state index is 14.4. The van der Waals surface area contributed by atoms with E-state index in [1.807, 2.05) is 0 Å². The average Bonchev–Trinajstić information content (AvgIpc) is 2.52. The molecule has 0 saturated carbocycles. The molecule has 0 radical (unpaired) electrons. The van der Waals surface area contributed by atoms with E-state index in [1.165, 1.54) is 6.07 Å². The van der Waals surface area contributed by atoms with Crippen molar-refractivity contribution in [2.45, 2.75) is 44.8 Å². The van der Waals surface area contributed by atoms with E-state index in [0.29, 0.717) is 11.6 Å². The van der Waals surface area contributed by atoms with Gasteiger partial charge in [0, 0.05) is 37.8 Å². The number of hydrogen-bond acceptors (Lipinski definition) is 2. The first kappa shape index (κ1) is 24.4. The minimum Gasteiger partial charge on any atom is -0.314 e. The molecule has 1 fully saturated rings. The molecule has 1 aromatic carbocycles. The SMILES string of the molecule is CCCCC[C@H](c1ccc(C(F)(F)F)cc1F)N1CCNCC1.Cl.Cl. The highest BCUT2D eigenvalue weighted by Crippen LogP contribution is 2.34. The zero-order chi connectivity index (χ0) is 16.9. The van der Waals surface area contributed by atoms with Gasteiger partial charge in [0.05, 0.1) is 5.56 Å². The Kier molecular flexibility index (Phi) is 11.0. The molecule has 1 aliphatic rings. The lowest BCUT2D eigenvalue weighted by atomic mass is 9.96. The standard InChI is InChI=1S/C17H24F4N2.2ClH/c1-2-3-4-5-16(23-10-8-22-9-11-23)14-7-6-13(12-15(14)18)17(19,20)21;;/h6-7,12,16,22H,2-5,8-11H2,1H3;2*1H/t16-;;/m1../s1. The molecule has 146 valence electrons. The van der Waals surface area contributed by atoms with Gasteiger partial charge in [-0.05, 0) is 18.6 Å². The van der Waals surface area contributed by atoms with E-state index in [0.717, 1.165) is 57.9 Å². The molecule has 1 aliphatic heterocycles. The third-order valence-corrected chi connectivity index (χ3v) is 4.36. The monoisotopic (exact) mass is 404 g/mol. The number of hydrogen-bond donors (Lipinski definition) is 1. The number of rotatable bonds is 6. The van der Waals surface area contributed by atoms with Gasteiger partial charge >= 0.3 is 6.18 Å². The summed E-state index contributed by atoms with van der Waals surface area (Å²) < 4.78 is 52.5. The maximum Gasteiger partial charge on any atom is 0.416 e. The van der Waals surface area contributed by atoms with Crippen molar-refractivity contribution in [1.82, 2.24) is 10.2 Å². The van der Waals surface area contributed by atoms with Gasteiger partial charge in [-0.15, -0.1) is 24.8 Å². The Morgan fingerprint density at radius 2 is 1.76 bits per heavy atom. The van der Waals surface area contributed by atoms with E-state index < -0.39 is 17.6 Å². The zero-order valence-electron chi connectivity index (χ0n) is 14.2. The van der Waals surface area contributed by atoms with E-state index in [2.05, 4.69) is 17.1 Å². The summed E-state index contributed by atoms with van der Waals surface area (Å²) in [6, 6.07) is 2.79. The molecule has 1 N–H and O–H groups in total. The van der Waals surface area contributed by atoms with Crippen LogP contribution in [0.25, 0.3) is 0 Å². The summed E-state index contributed by atoms with van der Waals surface area (Å²) in [7, 11) is 0. The lowest BCUT2D eigenvalue weighted by Gasteiger charge is -2.35. The molecule has 2 rings (SSSR count). The van der Waals surface area contributed by atoms with Crippen molar-refractivity contribution in [2.24, 2.45) is 0 Å². The smallest absolute Gasteiger partial charge is 0.314 e. The van der Waals surface area contributed by atoms with Gasteiger partial charge in [-0.3, -0.25) is 4.90 Å². The molecule has 1 aromatic rings. The fourth-order valence-electron chi connectivity index (χ4n) is 3.09. The van der Waals surface area contributed by atoms with E-state index in [9.17, 15) is 17.6 Å². The molecule has 0 bridgehead atoms. The van der Waals surface area contributed by atoms with Gasteiger partial charge in [-0.1, -0.05) is 32.3 Å². The van der Waals surface area contributed by atoms with Crippen LogP contribution in [-0.2, 0) is 6.18 Å². The van der Waals surface area contributed by atoms with E-state index in [-0.39, 0.29) is 30.9 Å². The van der Waals surface area contributed by atoms with Crippen LogP contribution in [0, 0.1) is 5.82 Å². The topological polar surface area (TPSA) is 15.3 Å². The van der Waals surface area contributed by atoms with Crippen molar-refractivity contribution >= 4 is 24.8 Å². The lowest BCUT2D eigenvalue weighted by molar-refractivity contribution is -0.137. The van der Waals surface area contributed by atoms with Crippen LogP contribution in [0.1, 0.15) is 49.8 Å². The molecule has 2 nitrogen and oxygen atoms in total. The van der Waals surface area contributed by atoms with Crippen LogP contribution in [0.2, 0.25) is 0 Å². The molecule has 0 aromatic heterocycles. The fraction of sp³-hybridized carbons (Fsp3) is 0.647. The van der Waals surface area contributed by atoms with Crippen molar-refractivity contribution in [3.8, 4) is 0 Å². The third-order valence-electron chi connectivity index (χ3n) is 4.36. The van der Waals surface area contributed by atoms with Gasteiger partial charge in [-0.25, -0.2) is 4.39 Å². The number of halogens is 6. The first-order valence-electron chi connectivity index (χ1n) is 8.25. The third kappa shape index (κ3) is 6.93. The van der Waals surface area contributed by atoms with Gasteiger partial charge in [0.2, 0.25) is 0 Å². The number of benzene rings is 1. The van der Waals surface area contributed by atoms with Crippen molar-refractivity contribution in [3.05, 3.63) is 35.1 Å². The van der Waals surface area contributed by atoms with Gasteiger partial charge in [0.25, 0.3) is 0 Å². The van der Waals surface area contributed by atoms with Crippen LogP contribution >= 0.6 is 24.8 Å². The summed E-state index contributed by atoms with van der Waals surface area (Å²) in [5.74, 6) is -0.750. The highest BCUT2D eigenvalue weighted by molar-refractivity contribution is 5.85. The summed E-state index contributed by atoms with van der Waals surface area (Å²) in [5, 5.41) is 3.25. The Bertz CT molecular complexity index is 506. The summed E-state index contributed by atoms with van der Waals surface area (Å²) in [4.78, 5) is 2.18. The largest absolute Gasteiger partial charge is 0.416 e. The molecule has 0 unspecified atom stereocenters. The van der Waals surface area contributed by atoms with Crippen LogP contribution in [0.5, 0.6) is 0 Å². The maximum absolute atomic E-state index is 14.4. The van der Waals surface area contributed by atoms with Gasteiger partial charge in [-0.2, -0.15) is 13.2 Å². The highest BCUT2D eigenvalue weighted by Gasteiger charge is 2.32. The van der Waals surface area contributed by atoms with Crippen LogP contribution in [0.15, 0.2) is 18.2 Å². The lowest BCUT2D eigenvalue weighted by Crippen LogP contribution is -2.45. The van der Waals surface area contributed by atoms with Crippen LogP contribution < -0.4 is 5.32 Å². The second kappa shape index (κ2) is 11.2. The normalized spacial score (nSPS) is 16.7. The molecule has 1 atom stereocenters. The Balaban J connectivity index is 0.00000288. The Labute approximate surface area is 159 Å². The molecule has 0 aliphatic carbocycles. The molecule has 1 heterocycles. The number of unbranched alkanes of at least 4 members (excludes halogenated alkanes) is 2. The minimum atomic E-state index is -4.51. The number of alkyl halides is 3. The summed E-state index contributed by atoms with van der Waals surface area (Å²) in [5.41, 5.74) is -0.539. The number of piperazine rings is 1. The van der Waals surface area contributed by atoms with Crippen molar-refractivity contribution in [3.63, 3.8) is 0 Å². The van der Waals surface area contributed by atoms with Crippen LogP contribution in [-0.4, -0.2) is 31.1 Å². The average molecular weight is 405 g/mol. The summed E-state index contributed by atoms with van der Waals surface area (Å²) in [6.07, 6.45) is -0.678. The molecule has 0 spiro atoms. The molecular weight excluding hydrogens is 379 g/mol. The molecule has 1 saturated heterocycles. The highest BCUT2D eigenvalue weighted by atomic mass is 35.5. The molecule has 25 heavy (non-hydrogen) atoms. The van der Waals surface area contributed by atoms with Gasteiger partial charge < -0.3 is 5.32 Å². The van der Waals surface area contributed by atoms with Gasteiger partial charge in [0.1, 0.15) is 5.82 Å². The zero-order valence-corrected chi connectivity index (χ0v) is 15.9. The predicted octanol–water partition coefficient (Wildman–Crippen LogP) is 5.21. The Morgan fingerprint density at radius 3 is 2.28 bits per heavy atom. The van der Waals surface area contributed by atoms with E-state index in [1.54, 1.807) is 0 Å². The van der Waals surface area contributed by atoms with Crippen molar-refractivity contribution in [2.75, 3.05) is 26.2 Å². The number of nitrogens with one attached hydrogen (secondary N) is 1. The molecular formula is C17H26Cl2F4N2. The van der Waals surface area contributed by atoms with Crippen LogP contribution in [0.4, 0.5) is 17.6 Å². The second-order valence-electron chi connectivity index (χ2n) is 6.03. The van der Waals surface area contributed by atoms with Gasteiger partial charge in [0.15, 0.2) is 0 Å². The van der Waals surface area contributed by atoms with Crippen LogP contribution in [0.3, 0.4) is 0 Å². The van der Waals surface area contributed by atoms with Crippen molar-refractivity contribution < 1.29 is 17.6 Å². The summed E-state index contributed by atoms with van der Waals surface area (Å²) >= 11 is 0.